The summed E-state index contributed by atoms with van der Waals surface area (Å²) in [7, 11) is 0. The predicted molar refractivity (Wildman–Crippen MR) is 100 cm³/mol. The minimum atomic E-state index is -0.921. The first-order valence-electron chi connectivity index (χ1n) is 7.60. The van der Waals surface area contributed by atoms with E-state index in [1.807, 2.05) is 72.2 Å². The van der Waals surface area contributed by atoms with Crippen LogP contribution in [0.1, 0.15) is 16.1 Å². The maximum absolute atomic E-state index is 12.0. The van der Waals surface area contributed by atoms with Gasteiger partial charge in [0.1, 0.15) is 5.69 Å². The fourth-order valence-corrected chi connectivity index (χ4v) is 3.83. The maximum atomic E-state index is 12.0. The Hall–Kier alpha value is -2.59. The first kappa shape index (κ1) is 15.0. The molecule has 0 radical (unpaired) electrons. The van der Waals surface area contributed by atoms with Gasteiger partial charge in [-0.3, -0.25) is 0 Å². The summed E-state index contributed by atoms with van der Waals surface area (Å²) in [6, 6.07) is 19.7. The van der Waals surface area contributed by atoms with Crippen LogP contribution in [-0.2, 0) is 0 Å². The number of aromatic nitrogens is 1. The lowest BCUT2D eigenvalue weighted by Gasteiger charge is -2.13. The zero-order valence-corrected chi connectivity index (χ0v) is 14.5. The average Bonchev–Trinajstić information content (AvgIpc) is 2.89. The number of benzene rings is 3. The van der Waals surface area contributed by atoms with E-state index in [2.05, 4.69) is 15.9 Å². The zero-order valence-electron chi connectivity index (χ0n) is 13.0. The van der Waals surface area contributed by atoms with Gasteiger partial charge in [0, 0.05) is 15.2 Å². The molecule has 0 bridgehead atoms. The van der Waals surface area contributed by atoms with Gasteiger partial charge in [-0.25, -0.2) is 4.79 Å². The molecule has 0 aliphatic rings. The second-order valence-corrected chi connectivity index (χ2v) is 6.60. The van der Waals surface area contributed by atoms with Crippen molar-refractivity contribution in [1.82, 2.24) is 4.57 Å². The van der Waals surface area contributed by atoms with E-state index in [4.69, 9.17) is 0 Å². The smallest absolute Gasteiger partial charge is 0.353 e. The third-order valence-electron chi connectivity index (χ3n) is 4.42. The second-order valence-electron chi connectivity index (χ2n) is 5.74. The third-order valence-corrected chi connectivity index (χ3v) is 5.11. The van der Waals surface area contributed by atoms with E-state index in [0.717, 1.165) is 37.4 Å². The van der Waals surface area contributed by atoms with E-state index in [-0.39, 0.29) is 0 Å². The molecule has 0 atom stereocenters. The lowest BCUT2D eigenvalue weighted by molar-refractivity contribution is 0.0688. The fourth-order valence-electron chi connectivity index (χ4n) is 3.35. The van der Waals surface area contributed by atoms with Crippen molar-refractivity contribution in [2.24, 2.45) is 0 Å². The monoisotopic (exact) mass is 379 g/mol. The third kappa shape index (κ3) is 2.07. The number of aryl methyl sites for hydroxylation is 1. The van der Waals surface area contributed by atoms with Gasteiger partial charge in [0.2, 0.25) is 0 Å². The van der Waals surface area contributed by atoms with Crippen molar-refractivity contribution < 1.29 is 9.90 Å². The van der Waals surface area contributed by atoms with Gasteiger partial charge in [-0.2, -0.15) is 0 Å². The summed E-state index contributed by atoms with van der Waals surface area (Å²) in [5, 5.41) is 12.8. The quantitative estimate of drug-likeness (QED) is 0.495. The number of hydrogen-bond donors (Lipinski definition) is 1. The van der Waals surface area contributed by atoms with Crippen LogP contribution in [-0.4, -0.2) is 15.6 Å². The lowest BCUT2D eigenvalue weighted by atomic mass is 10.1. The molecule has 1 aromatic heterocycles. The highest BCUT2D eigenvalue weighted by molar-refractivity contribution is 9.10. The van der Waals surface area contributed by atoms with Gasteiger partial charge in [0.05, 0.1) is 11.2 Å². The molecule has 0 saturated carbocycles. The topological polar surface area (TPSA) is 42.2 Å². The number of hydrogen-bond acceptors (Lipinski definition) is 1. The number of rotatable bonds is 2. The molecule has 4 heteroatoms. The minimum Gasteiger partial charge on any atom is -0.477 e. The maximum Gasteiger partial charge on any atom is 0.353 e. The molecular formula is C20H14BrNO2. The lowest BCUT2D eigenvalue weighted by Crippen LogP contribution is -2.08. The van der Waals surface area contributed by atoms with E-state index < -0.39 is 5.97 Å². The van der Waals surface area contributed by atoms with E-state index in [1.54, 1.807) is 0 Å². The molecule has 0 aliphatic heterocycles. The molecule has 0 saturated heterocycles. The van der Waals surface area contributed by atoms with Crippen molar-refractivity contribution >= 4 is 43.6 Å². The first-order valence-corrected chi connectivity index (χ1v) is 8.40. The van der Waals surface area contributed by atoms with Crippen molar-refractivity contribution in [1.29, 1.82) is 0 Å². The van der Waals surface area contributed by atoms with Crippen molar-refractivity contribution in [2.75, 3.05) is 0 Å². The van der Waals surface area contributed by atoms with Crippen molar-refractivity contribution in [3.8, 4) is 5.69 Å². The summed E-state index contributed by atoms with van der Waals surface area (Å²) in [4.78, 5) is 12.0. The molecule has 0 aliphatic carbocycles. The standard InChI is InChI=1S/C20H14BrNO2/c1-12-13-6-4-5-9-17(13)22(19(12)20(23)24)18-11-10-16(21)14-7-2-3-8-15(14)18/h2-11H,1H3,(H,23,24). The minimum absolute atomic E-state index is 0.309. The van der Waals surface area contributed by atoms with Crippen LogP contribution in [0, 0.1) is 6.92 Å². The Morgan fingerprint density at radius 2 is 1.54 bits per heavy atom. The SMILES string of the molecule is Cc1c(C(=O)O)n(-c2ccc(Br)c3ccccc23)c2ccccc12. The summed E-state index contributed by atoms with van der Waals surface area (Å²) < 4.78 is 2.84. The van der Waals surface area contributed by atoms with Gasteiger partial charge < -0.3 is 9.67 Å². The van der Waals surface area contributed by atoms with Crippen LogP contribution in [0.25, 0.3) is 27.4 Å². The molecule has 3 aromatic carbocycles. The predicted octanol–water partition coefficient (Wildman–Crippen LogP) is 5.55. The molecule has 3 nitrogen and oxygen atoms in total. The van der Waals surface area contributed by atoms with Crippen molar-refractivity contribution in [2.45, 2.75) is 6.92 Å². The summed E-state index contributed by atoms with van der Waals surface area (Å²) >= 11 is 3.58. The van der Waals surface area contributed by atoms with Crippen molar-refractivity contribution in [3.05, 3.63) is 76.4 Å². The number of halogens is 1. The van der Waals surface area contributed by atoms with Gasteiger partial charge in [-0.1, -0.05) is 58.4 Å². The Kier molecular flexibility index (Phi) is 3.43. The van der Waals surface area contributed by atoms with Gasteiger partial charge in [0.25, 0.3) is 0 Å². The van der Waals surface area contributed by atoms with Crippen LogP contribution in [0.15, 0.2) is 65.1 Å². The number of aromatic carboxylic acids is 1. The molecule has 4 aromatic rings. The number of carboxylic acids is 1. The van der Waals surface area contributed by atoms with Gasteiger partial charge >= 0.3 is 5.97 Å². The summed E-state index contributed by atoms with van der Waals surface area (Å²) in [6.45, 7) is 1.86. The Bertz CT molecular complexity index is 1110. The van der Waals surface area contributed by atoms with E-state index in [0.29, 0.717) is 5.69 Å². The first-order chi connectivity index (χ1) is 11.6. The second kappa shape index (κ2) is 5.49. The number of para-hydroxylation sites is 1. The van der Waals surface area contributed by atoms with Gasteiger partial charge in [0.15, 0.2) is 0 Å². The average molecular weight is 380 g/mol. The van der Waals surface area contributed by atoms with Crippen LogP contribution in [0.3, 0.4) is 0 Å². The summed E-state index contributed by atoms with van der Waals surface area (Å²) in [5.74, 6) is -0.921. The van der Waals surface area contributed by atoms with Crippen LogP contribution in [0.4, 0.5) is 0 Å². The van der Waals surface area contributed by atoms with E-state index in [9.17, 15) is 9.90 Å². The fraction of sp³-hybridized carbons (Fsp3) is 0.0500. The van der Waals surface area contributed by atoms with Crippen LogP contribution in [0.5, 0.6) is 0 Å². The van der Waals surface area contributed by atoms with Crippen LogP contribution in [0.2, 0.25) is 0 Å². The zero-order chi connectivity index (χ0) is 16.8. The Labute approximate surface area is 147 Å². The van der Waals surface area contributed by atoms with Crippen molar-refractivity contribution in [3.63, 3.8) is 0 Å². The van der Waals surface area contributed by atoms with Crippen LogP contribution < -0.4 is 0 Å². The normalized spacial score (nSPS) is 11.2. The van der Waals surface area contributed by atoms with E-state index in [1.165, 1.54) is 0 Å². The molecule has 0 fully saturated rings. The molecule has 0 unspecified atom stereocenters. The molecule has 118 valence electrons. The Morgan fingerprint density at radius 3 is 2.25 bits per heavy atom. The number of fused-ring (bicyclic) bond motifs is 2. The molecule has 0 spiro atoms. The highest BCUT2D eigenvalue weighted by atomic mass is 79.9. The number of carbonyl (C=O) groups is 1. The van der Waals surface area contributed by atoms with Gasteiger partial charge in [-0.15, -0.1) is 0 Å². The summed E-state index contributed by atoms with van der Waals surface area (Å²) in [5.41, 5.74) is 2.86. The Balaban J connectivity index is 2.21. The highest BCUT2D eigenvalue weighted by Gasteiger charge is 2.21. The molecule has 1 N–H and O–H groups in total. The molecule has 1 heterocycles. The number of carboxylic acid groups (broad SMARTS) is 1. The summed E-state index contributed by atoms with van der Waals surface area (Å²) in [6.07, 6.45) is 0. The van der Waals surface area contributed by atoms with Gasteiger partial charge in [-0.05, 0) is 36.1 Å². The molecule has 4 rings (SSSR count). The highest BCUT2D eigenvalue weighted by Crippen LogP contribution is 2.34. The molecule has 0 amide bonds. The van der Waals surface area contributed by atoms with E-state index >= 15 is 0 Å². The largest absolute Gasteiger partial charge is 0.477 e. The molecule has 24 heavy (non-hydrogen) atoms. The number of nitrogens with zero attached hydrogens (tertiary/aromatic N) is 1. The molecular weight excluding hydrogens is 366 g/mol. The Morgan fingerprint density at radius 1 is 0.917 bits per heavy atom. The van der Waals surface area contributed by atoms with Crippen LogP contribution >= 0.6 is 15.9 Å².